The van der Waals surface area contributed by atoms with E-state index in [4.69, 9.17) is 0 Å². The van der Waals surface area contributed by atoms with Crippen molar-refractivity contribution < 1.29 is 0 Å². The molecule has 526 valence electrons. The zero-order chi connectivity index (χ0) is 74.3. The van der Waals surface area contributed by atoms with Gasteiger partial charge < -0.3 is 14.4 Å². The molecule has 4 heteroatoms. The van der Waals surface area contributed by atoms with Crippen LogP contribution in [0.1, 0.15) is 158 Å². The monoisotopic (exact) mass is 1380 g/mol. The van der Waals surface area contributed by atoms with E-state index in [0.717, 1.165) is 84.3 Å². The van der Waals surface area contributed by atoms with Gasteiger partial charge in [-0.25, -0.2) is 0 Å². The van der Waals surface area contributed by atoms with Gasteiger partial charge in [-0.3, -0.25) is 0 Å². The van der Waals surface area contributed by atoms with Crippen molar-refractivity contribution in [3.63, 3.8) is 0 Å². The van der Waals surface area contributed by atoms with Gasteiger partial charge in [0.1, 0.15) is 0 Å². The summed E-state index contributed by atoms with van der Waals surface area (Å²) in [5.74, 6) is 0. The topological polar surface area (TPSA) is 11.4 Å². The Morgan fingerprint density at radius 2 is 0.547 bits per heavy atom. The fourth-order valence-electron chi connectivity index (χ4n) is 16.9. The Morgan fingerprint density at radius 3 is 0.858 bits per heavy atom. The first-order valence-electron chi connectivity index (χ1n) is 38.3. The van der Waals surface area contributed by atoms with Gasteiger partial charge in [-0.05, 0) is 175 Å². The molecule has 0 spiro atoms. The highest BCUT2D eigenvalue weighted by atomic mass is 15.2. The van der Waals surface area contributed by atoms with Crippen molar-refractivity contribution in [1.29, 1.82) is 0 Å². The van der Waals surface area contributed by atoms with Crippen LogP contribution >= 0.6 is 0 Å². The molecule has 0 unspecified atom stereocenters. The van der Waals surface area contributed by atoms with Crippen LogP contribution in [-0.2, 0) is 32.5 Å². The molecule has 0 bridgehead atoms. The van der Waals surface area contributed by atoms with E-state index in [0.29, 0.717) is 0 Å². The summed E-state index contributed by atoms with van der Waals surface area (Å²) in [5, 5.41) is 2.49. The van der Waals surface area contributed by atoms with E-state index in [1.54, 1.807) is 0 Å². The van der Waals surface area contributed by atoms with Gasteiger partial charge in [-0.1, -0.05) is 355 Å². The molecule has 2 aliphatic heterocycles. The molecule has 0 fully saturated rings. The average Bonchev–Trinajstić information content (AvgIpc) is 0.959. The molecule has 0 atom stereocenters. The predicted octanol–water partition coefficient (Wildman–Crippen LogP) is 26.7. The standard InChI is InChI=1S/C102H100BN3/c1-97(2,3)71-49-55-88-82(59-71)83-60-72(98(4,5)6)50-56-89(83)104(88)75-63-92-94-93(64-75)106(96-80(67-37-27-21-28-38-67)43-32-44-81(96)68-39-29-22-30-40-68)91-58-70(77-52-48-74(100(10,11)12)62-85(77)102(16,17)18)46-54-87(91)103(94)86-53-45-69(76-51-47-73(99(7,8)9)61-84(76)101(13,14)15)57-90(86)105(92)95-78(65-33-23-19-24-34-65)41-31-42-79(95)66-35-25-20-26-36-66/h19-64H,1-18H3. The lowest BCUT2D eigenvalue weighted by Crippen LogP contribution is -2.61. The normalized spacial score (nSPS) is 13.3. The maximum Gasteiger partial charge on any atom is 0.252 e. The Bertz CT molecular complexity index is 5290. The number of fused-ring (bicyclic) bond motifs is 7. The second kappa shape index (κ2) is 25.5. The van der Waals surface area contributed by atoms with Gasteiger partial charge in [0.05, 0.1) is 28.1 Å². The van der Waals surface area contributed by atoms with E-state index < -0.39 is 0 Å². The molecule has 16 rings (SSSR count). The molecule has 13 aromatic carbocycles. The quantitative estimate of drug-likeness (QED) is 0.133. The lowest BCUT2D eigenvalue weighted by molar-refractivity contribution is 0.569. The van der Waals surface area contributed by atoms with Crippen molar-refractivity contribution in [3.05, 3.63) is 312 Å². The number of rotatable bonds is 9. The van der Waals surface area contributed by atoms with Gasteiger partial charge in [-0.2, -0.15) is 0 Å². The van der Waals surface area contributed by atoms with Crippen molar-refractivity contribution in [1.82, 2.24) is 4.57 Å². The fourth-order valence-corrected chi connectivity index (χ4v) is 16.9. The first-order chi connectivity index (χ1) is 50.4. The fraction of sp³-hybridized carbons (Fsp3) is 0.235. The highest BCUT2D eigenvalue weighted by Crippen LogP contribution is 2.55. The van der Waals surface area contributed by atoms with Gasteiger partial charge in [0.25, 0.3) is 6.71 Å². The second-order valence-corrected chi connectivity index (χ2v) is 36.2. The molecule has 3 nitrogen and oxygen atoms in total. The highest BCUT2D eigenvalue weighted by Gasteiger charge is 2.46. The molecular formula is C102H100BN3. The van der Waals surface area contributed by atoms with E-state index in [-0.39, 0.29) is 39.2 Å². The van der Waals surface area contributed by atoms with Crippen LogP contribution in [0, 0.1) is 0 Å². The van der Waals surface area contributed by atoms with E-state index in [9.17, 15) is 0 Å². The van der Waals surface area contributed by atoms with E-state index >= 15 is 0 Å². The lowest BCUT2D eigenvalue weighted by atomic mass is 9.33. The first kappa shape index (κ1) is 69.7. The largest absolute Gasteiger partial charge is 0.310 e. The number of anilines is 6. The van der Waals surface area contributed by atoms with Crippen LogP contribution in [0.15, 0.2) is 279 Å². The van der Waals surface area contributed by atoms with Crippen molar-refractivity contribution in [2.75, 3.05) is 9.80 Å². The van der Waals surface area contributed by atoms with Crippen molar-refractivity contribution >= 4 is 79.0 Å². The van der Waals surface area contributed by atoms with Crippen molar-refractivity contribution in [3.8, 4) is 72.4 Å². The molecule has 0 saturated heterocycles. The van der Waals surface area contributed by atoms with Crippen LogP contribution in [0.2, 0.25) is 0 Å². The molecule has 0 N–H and O–H groups in total. The van der Waals surface area contributed by atoms with Gasteiger partial charge >= 0.3 is 0 Å². The van der Waals surface area contributed by atoms with Crippen LogP contribution in [0.4, 0.5) is 34.1 Å². The summed E-state index contributed by atoms with van der Waals surface area (Å²) < 4.78 is 2.62. The summed E-state index contributed by atoms with van der Waals surface area (Å²) in [6.45, 7) is 42.2. The maximum atomic E-state index is 2.73. The minimum Gasteiger partial charge on any atom is -0.310 e. The van der Waals surface area contributed by atoms with Crippen molar-refractivity contribution in [2.45, 2.75) is 157 Å². The van der Waals surface area contributed by atoms with E-state index in [1.807, 2.05) is 0 Å². The zero-order valence-electron chi connectivity index (χ0n) is 65.5. The molecule has 0 amide bonds. The van der Waals surface area contributed by atoms with Gasteiger partial charge in [-0.15, -0.1) is 0 Å². The first-order valence-corrected chi connectivity index (χ1v) is 38.3. The van der Waals surface area contributed by atoms with E-state index in [1.165, 1.54) is 93.8 Å². The Hall–Kier alpha value is -10.7. The molecule has 1 aromatic heterocycles. The Balaban J connectivity index is 1.13. The number of nitrogens with zero attached hydrogens (tertiary/aromatic N) is 3. The Morgan fingerprint density at radius 1 is 0.236 bits per heavy atom. The van der Waals surface area contributed by atoms with Crippen molar-refractivity contribution in [2.24, 2.45) is 0 Å². The van der Waals surface area contributed by atoms with E-state index in [2.05, 4.69) is 418 Å². The Labute approximate surface area is 631 Å². The molecule has 0 saturated carbocycles. The lowest BCUT2D eigenvalue weighted by Gasteiger charge is -2.46. The molecule has 0 radical (unpaired) electrons. The molecule has 106 heavy (non-hydrogen) atoms. The SMILES string of the molecule is CC(C)(C)c1ccc(-c2ccc3c(c2)N(c2c(-c4ccccc4)cccc2-c2ccccc2)c2cc(-n4c5ccc(C(C)(C)C)cc5c5cc(C(C)(C)C)ccc54)cc4c2B3c2ccc(-c3ccc(C(C)(C)C)cc3C(C)(C)C)cc2N4c2c(-c3ccccc3)cccc2-c2ccccc2)c(C(C)(C)C)c1. The van der Waals surface area contributed by atoms with Crippen LogP contribution in [0.5, 0.6) is 0 Å². The summed E-state index contributed by atoms with van der Waals surface area (Å²) >= 11 is 0. The molecule has 0 aliphatic carbocycles. The van der Waals surface area contributed by atoms with Gasteiger partial charge in [0.2, 0.25) is 0 Å². The molecule has 3 heterocycles. The summed E-state index contributed by atoms with van der Waals surface area (Å²) in [6.07, 6.45) is 0. The summed E-state index contributed by atoms with van der Waals surface area (Å²) in [6, 6.07) is 108. The smallest absolute Gasteiger partial charge is 0.252 e. The number of hydrogen-bond donors (Lipinski definition) is 0. The summed E-state index contributed by atoms with van der Waals surface area (Å²) in [7, 11) is 0. The van der Waals surface area contributed by atoms with Crippen LogP contribution in [-0.4, -0.2) is 11.3 Å². The minimum absolute atomic E-state index is 0.0464. The summed E-state index contributed by atoms with van der Waals surface area (Å²) in [5.41, 5.74) is 35.3. The molecular weight excluding hydrogens is 1280 g/mol. The average molecular weight is 1380 g/mol. The number of aromatic nitrogens is 1. The highest BCUT2D eigenvalue weighted by molar-refractivity contribution is 7.00. The third-order valence-electron chi connectivity index (χ3n) is 22.7. The third-order valence-corrected chi connectivity index (χ3v) is 22.7. The number of para-hydroxylation sites is 2. The predicted molar refractivity (Wildman–Crippen MR) is 460 cm³/mol. The zero-order valence-corrected chi connectivity index (χ0v) is 65.5. The van der Waals surface area contributed by atoms with Crippen LogP contribution in [0.25, 0.3) is 94.3 Å². The third kappa shape index (κ3) is 12.2. The number of hydrogen-bond acceptors (Lipinski definition) is 2. The Kier molecular flexibility index (Phi) is 16.8. The maximum absolute atomic E-state index is 2.73. The second-order valence-electron chi connectivity index (χ2n) is 36.2. The molecule has 2 aliphatic rings. The minimum atomic E-state index is -0.245. The van der Waals surface area contributed by atoms with Crippen LogP contribution in [0.3, 0.4) is 0 Å². The molecule has 14 aromatic rings. The van der Waals surface area contributed by atoms with Crippen LogP contribution < -0.4 is 26.2 Å². The van der Waals surface area contributed by atoms with Gasteiger partial charge in [0.15, 0.2) is 0 Å². The summed E-state index contributed by atoms with van der Waals surface area (Å²) in [4.78, 5) is 5.47. The van der Waals surface area contributed by atoms with Gasteiger partial charge in [0, 0.05) is 55.8 Å². The number of benzene rings is 13.